The summed E-state index contributed by atoms with van der Waals surface area (Å²) in [7, 11) is -26.4. The van der Waals surface area contributed by atoms with Gasteiger partial charge in [-0.15, -0.1) is 65.8 Å². The molecule has 0 unspecified atom stereocenters. The monoisotopic (exact) mass is 1470 g/mol. The van der Waals surface area contributed by atoms with Gasteiger partial charge in [-0.1, -0.05) is 47.2 Å². The Balaban J connectivity index is 0.00000212. The molecule has 10 aromatic rings. The minimum Gasteiger partial charge on any atom is -0.744 e. The van der Waals surface area contributed by atoms with E-state index in [1.807, 2.05) is 0 Å². The number of fused-ring (bicyclic) bond motifs is 4. The first-order valence-electron chi connectivity index (χ1n) is 24.2. The fourth-order valence-electron chi connectivity index (χ4n) is 8.38. The minimum absolute atomic E-state index is 0. The van der Waals surface area contributed by atoms with Crippen LogP contribution in [0.2, 0.25) is 0 Å². The second kappa shape index (κ2) is 37.2. The molecule has 0 aliphatic rings. The average Bonchev–Trinajstić information content (AvgIpc) is 0.763. The number of aromatic hydroxyl groups is 2. The van der Waals surface area contributed by atoms with Gasteiger partial charge in [-0.3, -0.25) is 0 Å². The van der Waals surface area contributed by atoms with Gasteiger partial charge >= 0.3 is 199 Å². The van der Waals surface area contributed by atoms with Crippen LogP contribution in [0.4, 0.5) is 56.9 Å². The predicted octanol–water partition coefficient (Wildman–Crippen LogP) is -8.06. The summed E-state index contributed by atoms with van der Waals surface area (Å²) >= 11 is 0. The fourth-order valence-corrected chi connectivity index (χ4v) is 10.7. The van der Waals surface area contributed by atoms with Gasteiger partial charge in [-0.2, -0.15) is 43.3 Å². The number of nitrogen functional groups attached to an aromatic ring is 2. The number of rotatable bonds is 14. The van der Waals surface area contributed by atoms with Crippen molar-refractivity contribution >= 4 is 174 Å². The number of benzene rings is 10. The topological polar surface area (TPSA) is 523 Å². The summed E-state index contributed by atoms with van der Waals surface area (Å²) in [5.74, 6) is -1.31. The molecular formula is C54H32N10Na6O20S6. The normalized spacial score (nSPS) is 11.6. The van der Waals surface area contributed by atoms with Crippen molar-refractivity contribution < 1.29 is 265 Å². The van der Waals surface area contributed by atoms with Gasteiger partial charge in [0.1, 0.15) is 46.2 Å². The van der Waals surface area contributed by atoms with Crippen LogP contribution in [0.25, 0.3) is 55.2 Å². The maximum Gasteiger partial charge on any atom is 1.00 e. The molecule has 96 heavy (non-hydrogen) atoms. The van der Waals surface area contributed by atoms with Crippen LogP contribution < -0.4 is 189 Å². The van der Waals surface area contributed by atoms with E-state index in [0.717, 1.165) is 24.3 Å². The number of phenolic OH excluding ortho intramolecular Hbond substituents is 2. The van der Waals surface area contributed by atoms with E-state index in [1.54, 1.807) is 30.3 Å². The quantitative estimate of drug-likeness (QED) is 0.0196. The van der Waals surface area contributed by atoms with Gasteiger partial charge in [0.05, 0.1) is 47.7 Å². The zero-order chi connectivity index (χ0) is 65.6. The third-order valence-corrected chi connectivity index (χ3v) is 15.7. The number of nitrogens with two attached hydrogens (primary N) is 2. The van der Waals surface area contributed by atoms with Crippen molar-refractivity contribution in [3.63, 3.8) is 0 Å². The van der Waals surface area contributed by atoms with E-state index in [2.05, 4.69) is 53.0 Å². The van der Waals surface area contributed by atoms with E-state index in [4.69, 9.17) is 36.7 Å². The summed E-state index contributed by atoms with van der Waals surface area (Å²) in [6.07, 6.45) is 2.70. The van der Waals surface area contributed by atoms with Crippen LogP contribution in [-0.4, -0.2) is 87.3 Å². The largest absolute Gasteiger partial charge is 1.00 e. The van der Waals surface area contributed by atoms with E-state index >= 15 is 0 Å². The SMILES string of the molecule is Nc1ccc(N=Nc2ccc3ccc(S(=O)(=O)[O-])cc3c2)c2c[c-]c(N=Nc3c[c-]c(/C=C/c4ccc(N=Nc5c(S(=O)(=O)[O-])cc6c(N=Nc7ccc8ccc(S(=O)(=O)[O-])cc8c7)ccc(N)c6c5O)cc4S(=O)(=O)[O-])cc3)c(O)c12.O=S(=O)=O.O=S(=O)=O.[Na+].[Na+].[Na+].[Na+].[Na+].[Na+]. The van der Waals surface area contributed by atoms with Crippen molar-refractivity contribution in [2.45, 2.75) is 19.6 Å². The van der Waals surface area contributed by atoms with Crippen LogP contribution >= 0.6 is 0 Å². The van der Waals surface area contributed by atoms with Crippen molar-refractivity contribution in [3.8, 4) is 11.5 Å². The number of hydrogen-bond acceptors (Lipinski definition) is 30. The van der Waals surface area contributed by atoms with E-state index in [1.165, 1.54) is 103 Å². The Morgan fingerprint density at radius 2 is 0.823 bits per heavy atom. The second-order valence-electron chi connectivity index (χ2n) is 18.1. The molecule has 0 atom stereocenters. The molecular weight excluding hydrogens is 1440 g/mol. The molecule has 0 fully saturated rings. The van der Waals surface area contributed by atoms with Gasteiger partial charge in [-0.25, -0.2) is 38.8 Å². The van der Waals surface area contributed by atoms with Crippen LogP contribution in [0.3, 0.4) is 0 Å². The standard InChI is InChI=1S/C54H36N10O14S4.6Na.2O3S/c55-43-18-21-45(61-58-36-12-5-30-8-15-39(79(67,68)69)25-33(30)23-36)41-17-20-47(53(65)50(41)43)63-57-35-10-2-29(3-11-35)1-4-32-7-14-38(27-48(32)81(73,74)75)60-64-52-49(82(76,77)78)28-42-46(22-19-44(56)51(42)54(52)66)62-59-37-13-6-31-9-16-40(80(70,71)72)26-34(31)24-37;;;;;;;2*1-4(2)3/h1-2,4-19,21-28,65-66H,55-56H2,(H,67,68,69)(H,70,71,72)(H,73,74,75)(H,76,77,78);;;;;;;;/q-2;6*+1;;/p-4/b4-1+,61-58?,62-59?,63-57?,64-60?;;;;;;;;. The number of anilines is 2. The van der Waals surface area contributed by atoms with Crippen LogP contribution in [0.1, 0.15) is 11.1 Å². The van der Waals surface area contributed by atoms with Crippen molar-refractivity contribution in [2.24, 2.45) is 40.9 Å². The molecule has 0 bridgehead atoms. The Bertz CT molecular complexity index is 5500. The Labute approximate surface area is 680 Å². The third kappa shape index (κ3) is 23.0. The summed E-state index contributed by atoms with van der Waals surface area (Å²) in [5.41, 5.74) is 12.4. The van der Waals surface area contributed by atoms with Gasteiger partial charge in [0, 0.05) is 39.6 Å². The molecule has 0 radical (unpaired) electrons. The van der Waals surface area contributed by atoms with E-state index in [-0.39, 0.29) is 250 Å². The number of nitrogens with zero attached hydrogens (tertiary/aromatic N) is 8. The molecule has 30 nitrogen and oxygen atoms in total. The van der Waals surface area contributed by atoms with Crippen molar-refractivity contribution in [1.29, 1.82) is 0 Å². The maximum atomic E-state index is 12.7. The molecule has 0 amide bonds. The third-order valence-electron chi connectivity index (χ3n) is 12.3. The van der Waals surface area contributed by atoms with E-state index in [9.17, 15) is 62.1 Å². The van der Waals surface area contributed by atoms with Crippen LogP contribution in [0, 0.1) is 12.1 Å². The first-order chi connectivity index (χ1) is 42.2. The Hall–Kier alpha value is -4.54. The van der Waals surface area contributed by atoms with Crippen molar-refractivity contribution in [1.82, 2.24) is 0 Å². The van der Waals surface area contributed by atoms with Crippen molar-refractivity contribution in [2.75, 3.05) is 11.5 Å². The van der Waals surface area contributed by atoms with Gasteiger partial charge in [0.15, 0.2) is 5.75 Å². The molecule has 0 aromatic heterocycles. The minimum atomic E-state index is -5.47. The molecule has 0 aliphatic carbocycles. The molecule has 0 saturated heterocycles. The molecule has 460 valence electrons. The number of azo groups is 4. The second-order valence-corrected chi connectivity index (χ2v) is 24.4. The van der Waals surface area contributed by atoms with Gasteiger partial charge in [0.25, 0.3) is 0 Å². The van der Waals surface area contributed by atoms with Gasteiger partial charge in [-0.05, 0) is 118 Å². The fraction of sp³-hybridized carbons (Fsp3) is 0. The average molecular weight is 1470 g/mol. The molecule has 0 aliphatic heterocycles. The zero-order valence-electron chi connectivity index (χ0n) is 50.4. The molecule has 0 saturated carbocycles. The maximum absolute atomic E-state index is 12.7. The summed E-state index contributed by atoms with van der Waals surface area (Å²) in [5, 5.41) is 57.6. The van der Waals surface area contributed by atoms with Crippen LogP contribution in [0.5, 0.6) is 11.5 Å². The van der Waals surface area contributed by atoms with Gasteiger partial charge < -0.3 is 39.9 Å². The van der Waals surface area contributed by atoms with E-state index < -0.39 is 92.7 Å². The summed E-state index contributed by atoms with van der Waals surface area (Å²) < 4.78 is 196. The summed E-state index contributed by atoms with van der Waals surface area (Å²) in [4.78, 5) is -2.74. The predicted molar refractivity (Wildman–Crippen MR) is 315 cm³/mol. The molecule has 10 aromatic carbocycles. The molecule has 10 rings (SSSR count). The first-order valence-corrected chi connectivity index (χ1v) is 31.9. The number of phenols is 2. The Morgan fingerprint density at radius 1 is 0.396 bits per heavy atom. The molecule has 42 heteroatoms. The number of hydrogen-bond donors (Lipinski definition) is 4. The smallest absolute Gasteiger partial charge is 0.744 e. The zero-order valence-corrected chi connectivity index (χ0v) is 67.3. The van der Waals surface area contributed by atoms with Gasteiger partial charge in [0.2, 0.25) is 0 Å². The molecule has 0 spiro atoms. The summed E-state index contributed by atoms with van der Waals surface area (Å²) in [6.45, 7) is 0. The van der Waals surface area contributed by atoms with Crippen molar-refractivity contribution in [3.05, 3.63) is 169 Å². The Kier molecular flexibility index (Phi) is 33.9. The summed E-state index contributed by atoms with van der Waals surface area (Å²) in [6, 6.07) is 38.6. The molecule has 6 N–H and O–H groups in total. The van der Waals surface area contributed by atoms with E-state index in [0.29, 0.717) is 38.2 Å². The Morgan fingerprint density at radius 3 is 1.29 bits per heavy atom. The first kappa shape index (κ1) is 87.5. The molecule has 0 heterocycles. The van der Waals surface area contributed by atoms with Crippen LogP contribution in [-0.2, 0) is 61.7 Å². The van der Waals surface area contributed by atoms with Crippen LogP contribution in [0.15, 0.2) is 206 Å².